The summed E-state index contributed by atoms with van der Waals surface area (Å²) in [6, 6.07) is 14.4. The molecule has 4 rings (SSSR count). The molecule has 2 heterocycles. The number of benzene rings is 2. The largest absolute Gasteiger partial charge is 0.324 e. The van der Waals surface area contributed by atoms with Gasteiger partial charge in [0.2, 0.25) is 0 Å². The Bertz CT molecular complexity index is 853. The summed E-state index contributed by atoms with van der Waals surface area (Å²) < 4.78 is 0. The van der Waals surface area contributed by atoms with Crippen molar-refractivity contribution < 1.29 is 4.79 Å². The molecule has 0 saturated carbocycles. The number of carbonyl (C=O) groups excluding carboxylic acids is 1. The molecule has 0 aromatic heterocycles. The van der Waals surface area contributed by atoms with Gasteiger partial charge in [0.25, 0.3) is 0 Å². The summed E-state index contributed by atoms with van der Waals surface area (Å²) >= 11 is 6.18. The molecular weight excluding hydrogens is 370 g/mol. The maximum absolute atomic E-state index is 12.8. The van der Waals surface area contributed by atoms with Gasteiger partial charge in [-0.05, 0) is 60.9 Å². The molecule has 1 saturated heterocycles. The minimum Gasteiger partial charge on any atom is -0.324 e. The minimum atomic E-state index is -0.0148. The summed E-state index contributed by atoms with van der Waals surface area (Å²) in [6.07, 6.45) is 3.39. The first-order valence-corrected chi connectivity index (χ1v) is 10.6. The molecule has 2 amide bonds. The molecule has 2 aliphatic heterocycles. The van der Waals surface area contributed by atoms with Gasteiger partial charge < -0.3 is 10.2 Å². The van der Waals surface area contributed by atoms with Crippen molar-refractivity contribution in [1.29, 1.82) is 0 Å². The highest BCUT2D eigenvalue weighted by Gasteiger charge is 2.26. The molecule has 0 radical (unpaired) electrons. The van der Waals surface area contributed by atoms with Gasteiger partial charge in [0.05, 0.1) is 0 Å². The summed E-state index contributed by atoms with van der Waals surface area (Å²) in [4.78, 5) is 17.3. The highest BCUT2D eigenvalue weighted by atomic mass is 35.5. The predicted octanol–water partition coefficient (Wildman–Crippen LogP) is 4.95. The van der Waals surface area contributed by atoms with Gasteiger partial charge in [-0.15, -0.1) is 0 Å². The molecular formula is C23H28ClN3O. The molecule has 5 heteroatoms. The number of nitrogens with one attached hydrogen (secondary N) is 1. The van der Waals surface area contributed by atoms with Gasteiger partial charge in [0.1, 0.15) is 0 Å². The molecule has 0 spiro atoms. The van der Waals surface area contributed by atoms with E-state index >= 15 is 0 Å². The third kappa shape index (κ3) is 4.34. The van der Waals surface area contributed by atoms with Gasteiger partial charge in [-0.25, -0.2) is 4.79 Å². The van der Waals surface area contributed by atoms with Crippen molar-refractivity contribution in [1.82, 2.24) is 9.80 Å². The summed E-state index contributed by atoms with van der Waals surface area (Å²) in [5, 5.41) is 3.73. The van der Waals surface area contributed by atoms with Gasteiger partial charge in [-0.1, -0.05) is 41.9 Å². The van der Waals surface area contributed by atoms with Crippen molar-refractivity contribution in [3.8, 4) is 0 Å². The third-order valence-electron chi connectivity index (χ3n) is 6.04. The molecule has 28 heavy (non-hydrogen) atoms. The van der Waals surface area contributed by atoms with Crippen LogP contribution in [-0.2, 0) is 13.0 Å². The van der Waals surface area contributed by atoms with Gasteiger partial charge in [0.15, 0.2) is 0 Å². The van der Waals surface area contributed by atoms with Crippen LogP contribution in [0.5, 0.6) is 0 Å². The Hall–Kier alpha value is -2.04. The number of halogens is 1. The summed E-state index contributed by atoms with van der Waals surface area (Å²) in [5.74, 6) is 0.533. The van der Waals surface area contributed by atoms with Crippen molar-refractivity contribution in [2.75, 3.05) is 31.5 Å². The molecule has 148 valence electrons. The van der Waals surface area contributed by atoms with E-state index in [0.29, 0.717) is 10.9 Å². The van der Waals surface area contributed by atoms with Crippen LogP contribution in [0, 0.1) is 12.8 Å². The van der Waals surface area contributed by atoms with E-state index in [-0.39, 0.29) is 6.03 Å². The van der Waals surface area contributed by atoms with E-state index in [1.807, 2.05) is 30.0 Å². The van der Waals surface area contributed by atoms with Crippen LogP contribution in [0.4, 0.5) is 10.5 Å². The lowest BCUT2D eigenvalue weighted by molar-refractivity contribution is 0.140. The van der Waals surface area contributed by atoms with Gasteiger partial charge >= 0.3 is 6.03 Å². The zero-order valence-corrected chi connectivity index (χ0v) is 17.2. The van der Waals surface area contributed by atoms with E-state index < -0.39 is 0 Å². The van der Waals surface area contributed by atoms with Gasteiger partial charge in [-0.2, -0.15) is 0 Å². The lowest BCUT2D eigenvalue weighted by Gasteiger charge is -2.37. The van der Waals surface area contributed by atoms with Crippen LogP contribution in [0.25, 0.3) is 0 Å². The van der Waals surface area contributed by atoms with E-state index in [9.17, 15) is 4.79 Å². The van der Waals surface area contributed by atoms with E-state index in [1.165, 1.54) is 17.5 Å². The number of likely N-dealkylation sites (tertiary alicyclic amines) is 1. The number of amides is 2. The summed E-state index contributed by atoms with van der Waals surface area (Å²) in [5.41, 5.74) is 4.65. The fourth-order valence-electron chi connectivity index (χ4n) is 4.41. The number of fused-ring (bicyclic) bond motifs is 1. The Balaban J connectivity index is 1.34. The van der Waals surface area contributed by atoms with Crippen LogP contribution < -0.4 is 5.32 Å². The van der Waals surface area contributed by atoms with E-state index in [0.717, 1.165) is 56.8 Å². The van der Waals surface area contributed by atoms with Crippen molar-refractivity contribution in [2.45, 2.75) is 32.7 Å². The molecule has 2 aromatic rings. The second-order valence-corrected chi connectivity index (χ2v) is 8.46. The highest BCUT2D eigenvalue weighted by molar-refractivity contribution is 6.31. The molecule has 2 aliphatic rings. The normalized spacial score (nSPS) is 19.9. The number of rotatable bonds is 3. The lowest BCUT2D eigenvalue weighted by atomic mass is 9.95. The summed E-state index contributed by atoms with van der Waals surface area (Å²) in [7, 11) is 0. The average molecular weight is 398 g/mol. The molecule has 0 aliphatic carbocycles. The first-order chi connectivity index (χ1) is 13.6. The van der Waals surface area contributed by atoms with E-state index in [2.05, 4.69) is 34.5 Å². The molecule has 1 atom stereocenters. The number of hydrogen-bond donors (Lipinski definition) is 1. The first-order valence-electron chi connectivity index (χ1n) is 10.2. The van der Waals surface area contributed by atoms with Gasteiger partial charge in [-0.3, -0.25) is 4.90 Å². The minimum absolute atomic E-state index is 0.0148. The molecule has 1 N–H and O–H groups in total. The van der Waals surface area contributed by atoms with Crippen LogP contribution in [0.15, 0.2) is 42.5 Å². The van der Waals surface area contributed by atoms with Crippen LogP contribution in [0.1, 0.15) is 29.5 Å². The molecule has 2 aromatic carbocycles. The Morgan fingerprint density at radius 2 is 1.96 bits per heavy atom. The topological polar surface area (TPSA) is 35.6 Å². The number of urea groups is 1. The Kier molecular flexibility index (Phi) is 5.88. The Morgan fingerprint density at radius 3 is 2.82 bits per heavy atom. The van der Waals surface area contributed by atoms with Crippen molar-refractivity contribution in [3.05, 3.63) is 64.2 Å². The second kappa shape index (κ2) is 8.54. The quantitative estimate of drug-likeness (QED) is 0.795. The zero-order chi connectivity index (χ0) is 19.5. The van der Waals surface area contributed by atoms with Crippen LogP contribution in [0.2, 0.25) is 5.02 Å². The Labute approximate surface area is 172 Å². The van der Waals surface area contributed by atoms with Crippen LogP contribution in [0.3, 0.4) is 0 Å². The molecule has 1 fully saturated rings. The standard InChI is InChI=1S/C23H28ClN3O/c1-17-21(24)9-4-10-22(17)25-23(28)27-12-5-6-18(15-27)14-26-13-11-19-7-2-3-8-20(19)16-26/h2-4,7-10,18H,5-6,11-16H2,1H3,(H,25,28)/t18-/m0/s1. The van der Waals surface area contributed by atoms with E-state index in [4.69, 9.17) is 11.6 Å². The lowest BCUT2D eigenvalue weighted by Crippen LogP contribution is -2.46. The summed E-state index contributed by atoms with van der Waals surface area (Å²) in [6.45, 7) is 6.79. The van der Waals surface area contributed by atoms with Crippen molar-refractivity contribution in [3.63, 3.8) is 0 Å². The Morgan fingerprint density at radius 1 is 1.14 bits per heavy atom. The van der Waals surface area contributed by atoms with E-state index in [1.54, 1.807) is 0 Å². The number of anilines is 1. The highest BCUT2D eigenvalue weighted by Crippen LogP contribution is 2.25. The fourth-order valence-corrected chi connectivity index (χ4v) is 4.59. The number of nitrogens with zero attached hydrogens (tertiary/aromatic N) is 2. The molecule has 4 nitrogen and oxygen atoms in total. The smallest absolute Gasteiger partial charge is 0.321 e. The maximum atomic E-state index is 12.8. The number of piperidine rings is 1. The monoisotopic (exact) mass is 397 g/mol. The zero-order valence-electron chi connectivity index (χ0n) is 16.5. The fraction of sp³-hybridized carbons (Fsp3) is 0.435. The first kappa shape index (κ1) is 19.3. The SMILES string of the molecule is Cc1c(Cl)cccc1NC(=O)N1CCC[C@@H](CN2CCc3ccccc3C2)C1. The molecule has 0 unspecified atom stereocenters. The maximum Gasteiger partial charge on any atom is 0.321 e. The predicted molar refractivity (Wildman–Crippen MR) is 115 cm³/mol. The van der Waals surface area contributed by atoms with Crippen LogP contribution in [-0.4, -0.2) is 42.0 Å². The van der Waals surface area contributed by atoms with Gasteiger partial charge in [0, 0.05) is 43.4 Å². The molecule has 0 bridgehead atoms. The van der Waals surface area contributed by atoms with Crippen molar-refractivity contribution in [2.24, 2.45) is 5.92 Å². The number of hydrogen-bond acceptors (Lipinski definition) is 2. The van der Waals surface area contributed by atoms with Crippen molar-refractivity contribution >= 4 is 23.3 Å². The third-order valence-corrected chi connectivity index (χ3v) is 6.45. The number of carbonyl (C=O) groups is 1. The average Bonchev–Trinajstić information content (AvgIpc) is 2.71. The second-order valence-electron chi connectivity index (χ2n) is 8.05. The van der Waals surface area contributed by atoms with Crippen LogP contribution >= 0.6 is 11.6 Å².